The lowest BCUT2D eigenvalue weighted by Crippen LogP contribution is -2.39. The summed E-state index contributed by atoms with van der Waals surface area (Å²) in [6.07, 6.45) is 2.26. The molecule has 4 rings (SSSR count). The van der Waals surface area contributed by atoms with Crippen LogP contribution in [0, 0.1) is 0 Å². The highest BCUT2D eigenvalue weighted by molar-refractivity contribution is 6.01. The molecule has 6 nitrogen and oxygen atoms in total. The number of para-hydroxylation sites is 3. The number of hydrogen-bond donors (Lipinski definition) is 1. The number of benzene rings is 2. The molecule has 0 bridgehead atoms. The number of fused-ring (bicyclic) bond motifs is 2. The average Bonchev–Trinajstić information content (AvgIpc) is 3.09. The molecule has 0 atom stereocenters. The molecule has 0 radical (unpaired) electrons. The van der Waals surface area contributed by atoms with E-state index in [9.17, 15) is 9.59 Å². The van der Waals surface area contributed by atoms with Crippen LogP contribution in [0.1, 0.15) is 16.1 Å². The van der Waals surface area contributed by atoms with Crippen LogP contribution >= 0.6 is 0 Å². The fraction of sp³-hybridized carbons (Fsp3) is 0.158. The number of rotatable bonds is 3. The van der Waals surface area contributed by atoms with E-state index >= 15 is 0 Å². The second-order valence-electron chi connectivity index (χ2n) is 5.85. The van der Waals surface area contributed by atoms with E-state index in [2.05, 4.69) is 15.3 Å². The SMILES string of the molecule is O=C(NCC(=O)N1CCc2ccccc21)c1cnc2ccccc2n1. The number of hydrogen-bond acceptors (Lipinski definition) is 4. The minimum Gasteiger partial charge on any atom is -0.342 e. The third-order valence-corrected chi connectivity index (χ3v) is 4.27. The Kier molecular flexibility index (Phi) is 3.85. The van der Waals surface area contributed by atoms with Crippen molar-refractivity contribution in [1.29, 1.82) is 0 Å². The van der Waals surface area contributed by atoms with E-state index in [0.29, 0.717) is 12.1 Å². The standard InChI is InChI=1S/C19H16N4O2/c24-18(23-10-9-13-5-1-4-8-17(13)23)12-21-19(25)16-11-20-14-6-2-3-7-15(14)22-16/h1-8,11H,9-10,12H2,(H,21,25). The molecule has 1 aliphatic rings. The number of carbonyl (C=O) groups excluding carboxylic acids is 2. The molecule has 124 valence electrons. The Morgan fingerprint density at radius 3 is 2.68 bits per heavy atom. The van der Waals surface area contributed by atoms with E-state index in [0.717, 1.165) is 23.2 Å². The van der Waals surface area contributed by atoms with Gasteiger partial charge in [0.05, 0.1) is 23.8 Å². The Hall–Kier alpha value is -3.28. The molecule has 0 fully saturated rings. The van der Waals surface area contributed by atoms with Gasteiger partial charge >= 0.3 is 0 Å². The van der Waals surface area contributed by atoms with E-state index in [1.54, 1.807) is 11.0 Å². The lowest BCUT2D eigenvalue weighted by Gasteiger charge is -2.17. The van der Waals surface area contributed by atoms with Crippen molar-refractivity contribution in [1.82, 2.24) is 15.3 Å². The van der Waals surface area contributed by atoms with Gasteiger partial charge in [-0.05, 0) is 30.2 Å². The van der Waals surface area contributed by atoms with E-state index in [1.807, 2.05) is 42.5 Å². The van der Waals surface area contributed by atoms with Gasteiger partial charge < -0.3 is 10.2 Å². The number of nitrogens with zero attached hydrogens (tertiary/aromatic N) is 3. The van der Waals surface area contributed by atoms with Gasteiger partial charge in [-0.2, -0.15) is 0 Å². The molecule has 1 aliphatic heterocycles. The van der Waals surface area contributed by atoms with Crippen molar-refractivity contribution in [2.45, 2.75) is 6.42 Å². The Morgan fingerprint density at radius 2 is 1.80 bits per heavy atom. The fourth-order valence-corrected chi connectivity index (χ4v) is 3.01. The summed E-state index contributed by atoms with van der Waals surface area (Å²) in [5, 5.41) is 2.64. The van der Waals surface area contributed by atoms with Crippen LogP contribution in [0.2, 0.25) is 0 Å². The quantitative estimate of drug-likeness (QED) is 0.795. The largest absolute Gasteiger partial charge is 0.342 e. The van der Waals surface area contributed by atoms with Crippen molar-refractivity contribution < 1.29 is 9.59 Å². The van der Waals surface area contributed by atoms with Crippen molar-refractivity contribution in [2.24, 2.45) is 0 Å². The maximum absolute atomic E-state index is 12.4. The van der Waals surface area contributed by atoms with Crippen molar-refractivity contribution in [3.63, 3.8) is 0 Å². The molecule has 2 amide bonds. The van der Waals surface area contributed by atoms with Crippen molar-refractivity contribution in [3.8, 4) is 0 Å². The summed E-state index contributed by atoms with van der Waals surface area (Å²) in [6, 6.07) is 15.2. The predicted molar refractivity (Wildman–Crippen MR) is 94.4 cm³/mol. The summed E-state index contributed by atoms with van der Waals surface area (Å²) in [5.41, 5.74) is 3.65. The van der Waals surface area contributed by atoms with E-state index in [4.69, 9.17) is 0 Å². The van der Waals surface area contributed by atoms with E-state index in [-0.39, 0.29) is 18.1 Å². The highest BCUT2D eigenvalue weighted by Gasteiger charge is 2.24. The zero-order valence-electron chi connectivity index (χ0n) is 13.5. The normalized spacial score (nSPS) is 12.9. The van der Waals surface area contributed by atoms with Crippen LogP contribution in [0.4, 0.5) is 5.69 Å². The molecule has 0 spiro atoms. The Bertz CT molecular complexity index is 970. The first-order valence-corrected chi connectivity index (χ1v) is 8.10. The van der Waals surface area contributed by atoms with Crippen LogP contribution in [0.25, 0.3) is 11.0 Å². The lowest BCUT2D eigenvalue weighted by atomic mass is 10.2. The maximum Gasteiger partial charge on any atom is 0.271 e. The minimum atomic E-state index is -0.404. The second-order valence-corrected chi connectivity index (χ2v) is 5.85. The molecule has 0 saturated carbocycles. The van der Waals surface area contributed by atoms with Crippen LogP contribution < -0.4 is 10.2 Å². The molecule has 1 N–H and O–H groups in total. The molecule has 2 aromatic carbocycles. The van der Waals surface area contributed by atoms with Crippen molar-refractivity contribution >= 4 is 28.5 Å². The van der Waals surface area contributed by atoms with Crippen molar-refractivity contribution in [3.05, 3.63) is 66.0 Å². The molecule has 25 heavy (non-hydrogen) atoms. The first-order chi connectivity index (χ1) is 12.2. The van der Waals surface area contributed by atoms with Gasteiger partial charge in [0.25, 0.3) is 5.91 Å². The number of carbonyl (C=O) groups is 2. The average molecular weight is 332 g/mol. The molecule has 3 aromatic rings. The van der Waals surface area contributed by atoms with Gasteiger partial charge in [-0.1, -0.05) is 30.3 Å². The Labute approximate surface area is 144 Å². The molecule has 1 aromatic heterocycles. The summed E-state index contributed by atoms with van der Waals surface area (Å²) in [5.74, 6) is -0.536. The zero-order chi connectivity index (χ0) is 17.2. The smallest absolute Gasteiger partial charge is 0.271 e. The van der Waals surface area contributed by atoms with Gasteiger partial charge in [-0.15, -0.1) is 0 Å². The van der Waals surface area contributed by atoms with Crippen molar-refractivity contribution in [2.75, 3.05) is 18.0 Å². The third kappa shape index (κ3) is 2.94. The topological polar surface area (TPSA) is 75.2 Å². The summed E-state index contributed by atoms with van der Waals surface area (Å²) < 4.78 is 0. The van der Waals surface area contributed by atoms with Gasteiger partial charge in [0.2, 0.25) is 5.91 Å². The third-order valence-electron chi connectivity index (χ3n) is 4.27. The number of nitrogens with one attached hydrogen (secondary N) is 1. The predicted octanol–water partition coefficient (Wildman–Crippen LogP) is 1.95. The minimum absolute atomic E-state index is 0.0678. The molecular weight excluding hydrogens is 316 g/mol. The van der Waals surface area contributed by atoms with Gasteiger partial charge in [-0.3, -0.25) is 14.6 Å². The summed E-state index contributed by atoms with van der Waals surface area (Å²) in [6.45, 7) is 0.575. The van der Waals surface area contributed by atoms with Gasteiger partial charge in [0.15, 0.2) is 0 Å². The first kappa shape index (κ1) is 15.3. The molecule has 0 aliphatic carbocycles. The molecule has 6 heteroatoms. The fourth-order valence-electron chi connectivity index (χ4n) is 3.01. The zero-order valence-corrected chi connectivity index (χ0v) is 13.5. The highest BCUT2D eigenvalue weighted by Crippen LogP contribution is 2.27. The van der Waals surface area contributed by atoms with Gasteiger partial charge in [-0.25, -0.2) is 4.98 Å². The maximum atomic E-state index is 12.4. The van der Waals surface area contributed by atoms with E-state index < -0.39 is 5.91 Å². The van der Waals surface area contributed by atoms with Crippen LogP contribution in [0.5, 0.6) is 0 Å². The van der Waals surface area contributed by atoms with Gasteiger partial charge in [0.1, 0.15) is 5.69 Å². The molecule has 0 unspecified atom stereocenters. The van der Waals surface area contributed by atoms with E-state index in [1.165, 1.54) is 6.20 Å². The second kappa shape index (κ2) is 6.32. The number of aromatic nitrogens is 2. The van der Waals surface area contributed by atoms with Gasteiger partial charge in [0, 0.05) is 12.2 Å². The number of anilines is 1. The Balaban J connectivity index is 1.44. The summed E-state index contributed by atoms with van der Waals surface area (Å²) in [4.78, 5) is 34.9. The lowest BCUT2D eigenvalue weighted by molar-refractivity contribution is -0.117. The highest BCUT2D eigenvalue weighted by atomic mass is 16.2. The van der Waals surface area contributed by atoms with Crippen LogP contribution in [0.3, 0.4) is 0 Å². The molecule has 2 heterocycles. The summed E-state index contributed by atoms with van der Waals surface area (Å²) >= 11 is 0. The van der Waals surface area contributed by atoms with Crippen LogP contribution in [-0.4, -0.2) is 34.9 Å². The number of amides is 2. The monoisotopic (exact) mass is 332 g/mol. The molecular formula is C19H16N4O2. The van der Waals surface area contributed by atoms with Crippen LogP contribution in [0.15, 0.2) is 54.7 Å². The van der Waals surface area contributed by atoms with Crippen LogP contribution in [-0.2, 0) is 11.2 Å². The molecule has 0 saturated heterocycles. The summed E-state index contributed by atoms with van der Waals surface area (Å²) in [7, 11) is 0. The first-order valence-electron chi connectivity index (χ1n) is 8.10. The Morgan fingerprint density at radius 1 is 1.04 bits per heavy atom.